The van der Waals surface area contributed by atoms with Crippen LogP contribution in [0.4, 0.5) is 8.78 Å². The summed E-state index contributed by atoms with van der Waals surface area (Å²) in [6, 6.07) is 3.28. The first-order valence-corrected chi connectivity index (χ1v) is 11.0. The van der Waals surface area contributed by atoms with Crippen LogP contribution in [0.1, 0.15) is 96.5 Å². The summed E-state index contributed by atoms with van der Waals surface area (Å²) in [5.41, 5.74) is 1.36. The highest BCUT2D eigenvalue weighted by Crippen LogP contribution is 2.35. The van der Waals surface area contributed by atoms with Gasteiger partial charge in [0.15, 0.2) is 11.6 Å². The summed E-state index contributed by atoms with van der Waals surface area (Å²) in [6.45, 7) is 4.84. The van der Waals surface area contributed by atoms with Crippen LogP contribution in [-0.2, 0) is 0 Å². The first-order chi connectivity index (χ1) is 13.2. The van der Waals surface area contributed by atoms with E-state index < -0.39 is 11.6 Å². The smallest absolute Gasteiger partial charge is 0.201 e. The third kappa shape index (κ3) is 6.93. The molecule has 0 N–H and O–H groups in total. The van der Waals surface area contributed by atoms with Gasteiger partial charge in [-0.05, 0) is 49.3 Å². The quantitative estimate of drug-likeness (QED) is 0.334. The Morgan fingerprint density at radius 1 is 0.926 bits per heavy atom. The minimum absolute atomic E-state index is 0.0422. The summed E-state index contributed by atoms with van der Waals surface area (Å²) in [7, 11) is 0. The molecular formula is C24H36F2O. The molecule has 1 aliphatic carbocycles. The number of benzene rings is 1. The molecule has 27 heavy (non-hydrogen) atoms. The van der Waals surface area contributed by atoms with Crippen molar-refractivity contribution < 1.29 is 13.5 Å². The molecular weight excluding hydrogens is 342 g/mol. The maximum absolute atomic E-state index is 14.6. The molecule has 0 heterocycles. The van der Waals surface area contributed by atoms with E-state index in [2.05, 4.69) is 19.9 Å². The van der Waals surface area contributed by atoms with Crippen LogP contribution in [0.5, 0.6) is 5.75 Å². The molecule has 0 spiro atoms. The van der Waals surface area contributed by atoms with Crippen LogP contribution in [0.25, 0.3) is 5.57 Å². The molecule has 1 atom stereocenters. The number of ether oxygens (including phenoxy) is 1. The highest BCUT2D eigenvalue weighted by molar-refractivity contribution is 5.67. The van der Waals surface area contributed by atoms with E-state index in [0.717, 1.165) is 37.7 Å². The van der Waals surface area contributed by atoms with E-state index in [-0.39, 0.29) is 5.75 Å². The van der Waals surface area contributed by atoms with E-state index in [1.54, 1.807) is 12.1 Å². The van der Waals surface area contributed by atoms with Crippen molar-refractivity contribution in [2.45, 2.75) is 90.9 Å². The predicted octanol–water partition coefficient (Wildman–Crippen LogP) is 8.08. The van der Waals surface area contributed by atoms with Gasteiger partial charge in [0.1, 0.15) is 0 Å². The normalized spacial score (nSPS) is 17.0. The lowest BCUT2D eigenvalue weighted by molar-refractivity contribution is 0.284. The number of allylic oxidation sites excluding steroid dienone is 2. The Labute approximate surface area is 164 Å². The van der Waals surface area contributed by atoms with Crippen LogP contribution in [0.2, 0.25) is 0 Å². The zero-order chi connectivity index (χ0) is 19.5. The van der Waals surface area contributed by atoms with Gasteiger partial charge in [-0.3, -0.25) is 0 Å². The fraction of sp³-hybridized carbons (Fsp3) is 0.667. The van der Waals surface area contributed by atoms with Crippen LogP contribution in [-0.4, -0.2) is 6.61 Å². The molecule has 0 saturated carbocycles. The second kappa shape index (κ2) is 12.2. The van der Waals surface area contributed by atoms with Gasteiger partial charge < -0.3 is 4.74 Å². The highest BCUT2D eigenvalue weighted by Gasteiger charge is 2.21. The summed E-state index contributed by atoms with van der Waals surface area (Å²) >= 11 is 0. The molecule has 0 bridgehead atoms. The molecule has 3 heteroatoms. The van der Waals surface area contributed by atoms with Gasteiger partial charge >= 0.3 is 0 Å². The third-order valence-electron chi connectivity index (χ3n) is 5.63. The standard InChI is InChI=1S/C24H36F2O/c1-3-5-7-8-10-18-27-22-17-16-21(23(25)24(22)26)20-14-12-19(13-15-20)11-9-6-4-2/h14,16-17,19H,3-13,15,18H2,1-2H3. The van der Waals surface area contributed by atoms with Gasteiger partial charge in [-0.15, -0.1) is 0 Å². The first-order valence-electron chi connectivity index (χ1n) is 11.0. The molecule has 1 unspecified atom stereocenters. The van der Waals surface area contributed by atoms with Gasteiger partial charge in [-0.2, -0.15) is 4.39 Å². The molecule has 1 aliphatic rings. The van der Waals surface area contributed by atoms with E-state index in [4.69, 9.17) is 4.74 Å². The van der Waals surface area contributed by atoms with Crippen molar-refractivity contribution in [3.8, 4) is 5.75 Å². The van der Waals surface area contributed by atoms with Crippen molar-refractivity contribution in [3.05, 3.63) is 35.4 Å². The second-order valence-corrected chi connectivity index (χ2v) is 7.87. The van der Waals surface area contributed by atoms with Crippen molar-refractivity contribution in [2.75, 3.05) is 6.61 Å². The Morgan fingerprint density at radius 2 is 1.67 bits per heavy atom. The maximum Gasteiger partial charge on any atom is 0.201 e. The van der Waals surface area contributed by atoms with E-state index in [9.17, 15) is 8.78 Å². The molecule has 0 aromatic heterocycles. The van der Waals surface area contributed by atoms with Crippen molar-refractivity contribution in [1.29, 1.82) is 0 Å². The lowest BCUT2D eigenvalue weighted by Gasteiger charge is -2.22. The van der Waals surface area contributed by atoms with E-state index in [1.165, 1.54) is 44.9 Å². The fourth-order valence-corrected chi connectivity index (χ4v) is 3.86. The van der Waals surface area contributed by atoms with Gasteiger partial charge in [0.25, 0.3) is 0 Å². The summed E-state index contributed by atoms with van der Waals surface area (Å²) in [6.07, 6.45) is 15.6. The first kappa shape index (κ1) is 21.9. The minimum Gasteiger partial charge on any atom is -0.490 e. The number of rotatable bonds is 12. The Morgan fingerprint density at radius 3 is 2.37 bits per heavy atom. The van der Waals surface area contributed by atoms with Gasteiger partial charge in [0.2, 0.25) is 5.82 Å². The lowest BCUT2D eigenvalue weighted by atomic mass is 9.83. The Balaban J connectivity index is 1.89. The third-order valence-corrected chi connectivity index (χ3v) is 5.63. The van der Waals surface area contributed by atoms with Crippen LogP contribution in [0, 0.1) is 17.6 Å². The molecule has 1 aromatic rings. The predicted molar refractivity (Wildman–Crippen MR) is 110 cm³/mol. The average molecular weight is 379 g/mol. The van der Waals surface area contributed by atoms with Crippen molar-refractivity contribution >= 4 is 5.57 Å². The van der Waals surface area contributed by atoms with E-state index in [1.807, 2.05) is 0 Å². The summed E-state index contributed by atoms with van der Waals surface area (Å²) in [4.78, 5) is 0. The van der Waals surface area contributed by atoms with Crippen molar-refractivity contribution in [2.24, 2.45) is 5.92 Å². The molecule has 0 saturated heterocycles. The molecule has 0 fully saturated rings. The van der Waals surface area contributed by atoms with Crippen LogP contribution in [0.3, 0.4) is 0 Å². The Bertz CT molecular complexity index is 594. The van der Waals surface area contributed by atoms with Gasteiger partial charge in [-0.1, -0.05) is 71.3 Å². The van der Waals surface area contributed by atoms with Crippen molar-refractivity contribution in [3.63, 3.8) is 0 Å². The maximum atomic E-state index is 14.6. The zero-order valence-corrected chi connectivity index (χ0v) is 17.2. The number of halogens is 2. The zero-order valence-electron chi connectivity index (χ0n) is 17.2. The molecule has 152 valence electrons. The minimum atomic E-state index is -0.841. The average Bonchev–Trinajstić information content (AvgIpc) is 2.69. The summed E-state index contributed by atoms with van der Waals surface area (Å²) in [5.74, 6) is -0.856. The number of hydrogen-bond donors (Lipinski definition) is 0. The molecule has 1 nitrogen and oxygen atoms in total. The summed E-state index contributed by atoms with van der Waals surface area (Å²) < 4.78 is 34.5. The SMILES string of the molecule is CCCCCCCOc1ccc(C2=CCC(CCCCC)CC2)c(F)c1F. The van der Waals surface area contributed by atoms with Gasteiger partial charge in [0.05, 0.1) is 6.61 Å². The van der Waals surface area contributed by atoms with Crippen LogP contribution < -0.4 is 4.74 Å². The second-order valence-electron chi connectivity index (χ2n) is 7.87. The van der Waals surface area contributed by atoms with Crippen molar-refractivity contribution in [1.82, 2.24) is 0 Å². The van der Waals surface area contributed by atoms with Gasteiger partial charge in [-0.25, -0.2) is 4.39 Å². The topological polar surface area (TPSA) is 9.23 Å². The molecule has 0 aliphatic heterocycles. The van der Waals surface area contributed by atoms with Crippen LogP contribution in [0.15, 0.2) is 18.2 Å². The van der Waals surface area contributed by atoms with Crippen LogP contribution >= 0.6 is 0 Å². The molecule has 0 amide bonds. The number of unbranched alkanes of at least 4 members (excludes halogenated alkanes) is 6. The monoisotopic (exact) mass is 378 g/mol. The molecule has 1 aromatic carbocycles. The Kier molecular flexibility index (Phi) is 9.86. The molecule has 0 radical (unpaired) electrons. The lowest BCUT2D eigenvalue weighted by Crippen LogP contribution is -2.07. The Hall–Kier alpha value is -1.38. The number of hydrogen-bond acceptors (Lipinski definition) is 1. The summed E-state index contributed by atoms with van der Waals surface area (Å²) in [5, 5.41) is 0. The molecule has 2 rings (SSSR count). The van der Waals surface area contributed by atoms with E-state index >= 15 is 0 Å². The van der Waals surface area contributed by atoms with Gasteiger partial charge in [0, 0.05) is 5.56 Å². The fourth-order valence-electron chi connectivity index (χ4n) is 3.86. The highest BCUT2D eigenvalue weighted by atomic mass is 19.2. The largest absolute Gasteiger partial charge is 0.490 e. The van der Waals surface area contributed by atoms with E-state index in [0.29, 0.717) is 18.1 Å².